The van der Waals surface area contributed by atoms with E-state index in [1.165, 1.54) is 37.4 Å². The van der Waals surface area contributed by atoms with Crippen LogP contribution >= 0.6 is 11.6 Å². The van der Waals surface area contributed by atoms with Gasteiger partial charge in [0.15, 0.2) is 11.0 Å². The molecule has 0 atom stereocenters. The second-order valence-corrected chi connectivity index (χ2v) is 4.15. The zero-order valence-corrected chi connectivity index (χ0v) is 11.1. The van der Waals surface area contributed by atoms with Crippen LogP contribution in [0.3, 0.4) is 0 Å². The van der Waals surface area contributed by atoms with Gasteiger partial charge in [-0.1, -0.05) is 0 Å². The van der Waals surface area contributed by atoms with Gasteiger partial charge in [0.2, 0.25) is 0 Å². The topological polar surface area (TPSA) is 88.8 Å². The van der Waals surface area contributed by atoms with Crippen LogP contribution in [-0.2, 0) is 0 Å². The first-order chi connectivity index (χ1) is 9.51. The number of carboxylic acids is 1. The van der Waals surface area contributed by atoms with E-state index in [1.807, 2.05) is 0 Å². The van der Waals surface area contributed by atoms with Crippen molar-refractivity contribution < 1.29 is 23.8 Å². The molecule has 0 saturated carbocycles. The number of anilines is 1. The maximum atomic E-state index is 11.9. The molecule has 1 aromatic carbocycles. The molecule has 0 aliphatic rings. The number of carbonyl (C=O) groups is 2. The van der Waals surface area contributed by atoms with Crippen LogP contribution in [0.1, 0.15) is 20.9 Å². The number of hydrogen-bond donors (Lipinski definition) is 2. The molecule has 7 heteroatoms. The monoisotopic (exact) mass is 295 g/mol. The third-order valence-electron chi connectivity index (χ3n) is 2.50. The third-order valence-corrected chi connectivity index (χ3v) is 2.71. The van der Waals surface area contributed by atoms with Crippen molar-refractivity contribution in [3.63, 3.8) is 0 Å². The van der Waals surface area contributed by atoms with Gasteiger partial charge in [0.25, 0.3) is 5.91 Å². The summed E-state index contributed by atoms with van der Waals surface area (Å²) in [5, 5.41) is 11.6. The van der Waals surface area contributed by atoms with Gasteiger partial charge in [0.05, 0.1) is 18.4 Å². The summed E-state index contributed by atoms with van der Waals surface area (Å²) in [4.78, 5) is 23.0. The lowest BCUT2D eigenvalue weighted by Gasteiger charge is -2.09. The van der Waals surface area contributed by atoms with Crippen LogP contribution in [0.25, 0.3) is 0 Å². The van der Waals surface area contributed by atoms with E-state index >= 15 is 0 Å². The van der Waals surface area contributed by atoms with E-state index in [4.69, 9.17) is 25.9 Å². The number of ether oxygens (including phenoxy) is 1. The number of aromatic carboxylic acids is 1. The van der Waals surface area contributed by atoms with Crippen LogP contribution in [-0.4, -0.2) is 24.1 Å². The van der Waals surface area contributed by atoms with Gasteiger partial charge in [-0.3, -0.25) is 4.79 Å². The fourth-order valence-electron chi connectivity index (χ4n) is 1.56. The second kappa shape index (κ2) is 5.66. The SMILES string of the molecule is COc1ccc(C(=O)O)c(NC(=O)c2ccc(Cl)o2)c1. The quantitative estimate of drug-likeness (QED) is 0.905. The Morgan fingerprint density at radius 3 is 2.60 bits per heavy atom. The molecule has 0 saturated heterocycles. The number of hydrogen-bond acceptors (Lipinski definition) is 4. The van der Waals surface area contributed by atoms with Gasteiger partial charge >= 0.3 is 5.97 Å². The van der Waals surface area contributed by atoms with Gasteiger partial charge in [-0.2, -0.15) is 0 Å². The van der Waals surface area contributed by atoms with Crippen molar-refractivity contribution in [3.8, 4) is 5.75 Å². The van der Waals surface area contributed by atoms with E-state index in [2.05, 4.69) is 5.32 Å². The second-order valence-electron chi connectivity index (χ2n) is 3.77. The number of rotatable bonds is 4. The van der Waals surface area contributed by atoms with Gasteiger partial charge in [0.1, 0.15) is 5.75 Å². The molecule has 0 fully saturated rings. The molecule has 0 unspecified atom stereocenters. The molecule has 2 aromatic rings. The first-order valence-electron chi connectivity index (χ1n) is 5.49. The van der Waals surface area contributed by atoms with Crippen molar-refractivity contribution >= 4 is 29.2 Å². The van der Waals surface area contributed by atoms with Crippen LogP contribution < -0.4 is 10.1 Å². The highest BCUT2D eigenvalue weighted by atomic mass is 35.5. The van der Waals surface area contributed by atoms with Crippen LogP contribution in [0.15, 0.2) is 34.7 Å². The Kier molecular flexibility index (Phi) is 3.95. The molecule has 6 nitrogen and oxygen atoms in total. The smallest absolute Gasteiger partial charge is 0.337 e. The first kappa shape index (κ1) is 14.0. The van der Waals surface area contributed by atoms with E-state index < -0.39 is 11.9 Å². The standard InChI is InChI=1S/C13H10ClNO5/c1-19-7-2-3-8(13(17)18)9(6-7)15-12(16)10-4-5-11(14)20-10/h2-6H,1H3,(H,15,16)(H,17,18). The summed E-state index contributed by atoms with van der Waals surface area (Å²) < 4.78 is 9.94. The minimum atomic E-state index is -1.17. The van der Waals surface area contributed by atoms with E-state index in [0.717, 1.165) is 0 Å². The predicted molar refractivity (Wildman–Crippen MR) is 71.6 cm³/mol. The van der Waals surface area contributed by atoms with E-state index in [-0.39, 0.29) is 22.2 Å². The van der Waals surface area contributed by atoms with Gasteiger partial charge < -0.3 is 19.6 Å². The molecule has 2 N–H and O–H groups in total. The van der Waals surface area contributed by atoms with Gasteiger partial charge in [-0.05, 0) is 35.9 Å². The average molecular weight is 296 g/mol. The summed E-state index contributed by atoms with van der Waals surface area (Å²) in [6.45, 7) is 0. The Hall–Kier alpha value is -2.47. The summed E-state index contributed by atoms with van der Waals surface area (Å²) in [5.41, 5.74) is 0.0474. The lowest BCUT2D eigenvalue weighted by Crippen LogP contribution is -2.14. The molecule has 104 valence electrons. The Balaban J connectivity index is 2.31. The minimum Gasteiger partial charge on any atom is -0.497 e. The third kappa shape index (κ3) is 2.92. The van der Waals surface area contributed by atoms with Crippen LogP contribution in [0.4, 0.5) is 5.69 Å². The molecule has 0 spiro atoms. The Morgan fingerprint density at radius 1 is 1.30 bits per heavy atom. The van der Waals surface area contributed by atoms with Crippen LogP contribution in [0.5, 0.6) is 5.75 Å². The number of carboxylic acid groups (broad SMARTS) is 1. The summed E-state index contributed by atoms with van der Waals surface area (Å²) in [7, 11) is 1.44. The zero-order valence-electron chi connectivity index (χ0n) is 10.3. The van der Waals surface area contributed by atoms with E-state index in [9.17, 15) is 9.59 Å². The number of carbonyl (C=O) groups excluding carboxylic acids is 1. The fraction of sp³-hybridized carbons (Fsp3) is 0.0769. The summed E-state index contributed by atoms with van der Waals surface area (Å²) in [6.07, 6.45) is 0. The summed E-state index contributed by atoms with van der Waals surface area (Å²) >= 11 is 5.58. The number of amides is 1. The largest absolute Gasteiger partial charge is 0.497 e. The van der Waals surface area contributed by atoms with Crippen molar-refractivity contribution in [2.24, 2.45) is 0 Å². The Labute approximate surface area is 118 Å². The molecule has 20 heavy (non-hydrogen) atoms. The Morgan fingerprint density at radius 2 is 2.05 bits per heavy atom. The van der Waals surface area contributed by atoms with E-state index in [0.29, 0.717) is 5.75 Å². The molecule has 0 radical (unpaired) electrons. The first-order valence-corrected chi connectivity index (χ1v) is 5.87. The van der Waals surface area contributed by atoms with Crippen molar-refractivity contribution in [2.75, 3.05) is 12.4 Å². The van der Waals surface area contributed by atoms with Crippen molar-refractivity contribution in [2.45, 2.75) is 0 Å². The average Bonchev–Trinajstić information content (AvgIpc) is 2.85. The minimum absolute atomic E-state index is 0.0193. The molecule has 1 heterocycles. The molecule has 2 rings (SSSR count). The predicted octanol–water partition coefficient (Wildman–Crippen LogP) is 2.89. The lowest BCUT2D eigenvalue weighted by atomic mass is 10.1. The van der Waals surface area contributed by atoms with Crippen molar-refractivity contribution in [3.05, 3.63) is 46.9 Å². The number of methoxy groups -OCH3 is 1. The van der Waals surface area contributed by atoms with Crippen LogP contribution in [0.2, 0.25) is 5.22 Å². The summed E-state index contributed by atoms with van der Waals surface area (Å²) in [5.74, 6) is -1.37. The highest BCUT2D eigenvalue weighted by Gasteiger charge is 2.16. The Bertz CT molecular complexity index is 665. The number of furan rings is 1. The number of halogens is 1. The van der Waals surface area contributed by atoms with Crippen molar-refractivity contribution in [1.82, 2.24) is 0 Å². The zero-order chi connectivity index (χ0) is 14.7. The molecular weight excluding hydrogens is 286 g/mol. The highest BCUT2D eigenvalue weighted by molar-refractivity contribution is 6.29. The van der Waals surface area contributed by atoms with Crippen molar-refractivity contribution in [1.29, 1.82) is 0 Å². The number of benzene rings is 1. The molecule has 0 aliphatic heterocycles. The van der Waals surface area contributed by atoms with Gasteiger partial charge in [-0.15, -0.1) is 0 Å². The normalized spacial score (nSPS) is 10.1. The van der Waals surface area contributed by atoms with Gasteiger partial charge in [0, 0.05) is 6.07 Å². The number of nitrogens with one attached hydrogen (secondary N) is 1. The molecule has 0 bridgehead atoms. The molecule has 0 aliphatic carbocycles. The molecular formula is C13H10ClNO5. The molecule has 1 aromatic heterocycles. The van der Waals surface area contributed by atoms with Gasteiger partial charge in [-0.25, -0.2) is 4.79 Å². The maximum Gasteiger partial charge on any atom is 0.337 e. The lowest BCUT2D eigenvalue weighted by molar-refractivity contribution is 0.0698. The van der Waals surface area contributed by atoms with E-state index in [1.54, 1.807) is 0 Å². The fourth-order valence-corrected chi connectivity index (χ4v) is 1.71. The maximum absolute atomic E-state index is 11.9. The summed E-state index contributed by atoms with van der Waals surface area (Å²) in [6, 6.07) is 7.04. The highest BCUT2D eigenvalue weighted by Crippen LogP contribution is 2.24. The molecule has 1 amide bonds. The van der Waals surface area contributed by atoms with Crippen LogP contribution in [0, 0.1) is 0 Å².